The van der Waals surface area contributed by atoms with E-state index in [9.17, 15) is 0 Å². The maximum absolute atomic E-state index is 6.02. The Balaban J connectivity index is 2.21. The van der Waals surface area contributed by atoms with E-state index in [0.29, 0.717) is 6.61 Å². The molecule has 0 heterocycles. The van der Waals surface area contributed by atoms with Gasteiger partial charge in [-0.1, -0.05) is 34.1 Å². The minimum Gasteiger partial charge on any atom is -0.496 e. The summed E-state index contributed by atoms with van der Waals surface area (Å²) in [5.74, 6) is 1.52. The van der Waals surface area contributed by atoms with Crippen LogP contribution >= 0.6 is 15.9 Å². The van der Waals surface area contributed by atoms with Crippen molar-refractivity contribution in [2.24, 2.45) is 5.73 Å². The zero-order valence-corrected chi connectivity index (χ0v) is 13.2. The standard InChI is InChI=1S/C16H18BrNO2/c1-11(18)16-14(19-2)7-4-8-15(16)20-10-12-5-3-6-13(17)9-12/h3-9,11H,10,18H2,1-2H3/t11-/m0/s1. The minimum absolute atomic E-state index is 0.149. The van der Waals surface area contributed by atoms with Crippen molar-refractivity contribution < 1.29 is 9.47 Å². The van der Waals surface area contributed by atoms with Gasteiger partial charge in [-0.15, -0.1) is 0 Å². The Morgan fingerprint density at radius 1 is 1.15 bits per heavy atom. The number of rotatable bonds is 5. The van der Waals surface area contributed by atoms with Gasteiger partial charge in [-0.2, -0.15) is 0 Å². The molecule has 0 saturated carbocycles. The Bertz CT molecular complexity index is 584. The molecule has 0 bridgehead atoms. The molecule has 1 atom stereocenters. The van der Waals surface area contributed by atoms with Gasteiger partial charge in [-0.3, -0.25) is 0 Å². The van der Waals surface area contributed by atoms with Crippen LogP contribution in [0.4, 0.5) is 0 Å². The van der Waals surface area contributed by atoms with Crippen LogP contribution in [-0.4, -0.2) is 7.11 Å². The molecule has 0 aliphatic carbocycles. The SMILES string of the molecule is COc1cccc(OCc2cccc(Br)c2)c1[C@H](C)N. The average molecular weight is 336 g/mol. The topological polar surface area (TPSA) is 44.5 Å². The number of ether oxygens (including phenoxy) is 2. The monoisotopic (exact) mass is 335 g/mol. The van der Waals surface area contributed by atoms with Crippen molar-refractivity contribution in [3.05, 3.63) is 58.1 Å². The van der Waals surface area contributed by atoms with Gasteiger partial charge in [0.15, 0.2) is 0 Å². The first-order chi connectivity index (χ1) is 9.61. The second-order valence-corrected chi connectivity index (χ2v) is 5.50. The quantitative estimate of drug-likeness (QED) is 0.896. The van der Waals surface area contributed by atoms with Crippen LogP contribution in [0, 0.1) is 0 Å². The van der Waals surface area contributed by atoms with Crippen molar-refractivity contribution in [2.45, 2.75) is 19.6 Å². The average Bonchev–Trinajstić information content (AvgIpc) is 2.44. The summed E-state index contributed by atoms with van der Waals surface area (Å²) in [6.45, 7) is 2.41. The number of nitrogens with two attached hydrogens (primary N) is 1. The second-order valence-electron chi connectivity index (χ2n) is 4.58. The fourth-order valence-corrected chi connectivity index (χ4v) is 2.51. The third-order valence-corrected chi connectivity index (χ3v) is 3.48. The molecule has 0 radical (unpaired) electrons. The van der Waals surface area contributed by atoms with Crippen molar-refractivity contribution in [1.29, 1.82) is 0 Å². The molecular weight excluding hydrogens is 318 g/mol. The predicted molar refractivity (Wildman–Crippen MR) is 84.1 cm³/mol. The molecule has 4 heteroatoms. The number of halogens is 1. The Morgan fingerprint density at radius 2 is 1.85 bits per heavy atom. The number of methoxy groups -OCH3 is 1. The molecule has 106 valence electrons. The van der Waals surface area contributed by atoms with E-state index < -0.39 is 0 Å². The summed E-state index contributed by atoms with van der Waals surface area (Å²) in [4.78, 5) is 0. The summed E-state index contributed by atoms with van der Waals surface area (Å²) in [6, 6.07) is 13.6. The van der Waals surface area contributed by atoms with Crippen molar-refractivity contribution in [1.82, 2.24) is 0 Å². The first-order valence-electron chi connectivity index (χ1n) is 6.41. The maximum Gasteiger partial charge on any atom is 0.128 e. The van der Waals surface area contributed by atoms with Crippen molar-refractivity contribution in [3.63, 3.8) is 0 Å². The molecule has 2 N–H and O–H groups in total. The zero-order valence-electron chi connectivity index (χ0n) is 11.6. The highest BCUT2D eigenvalue weighted by Crippen LogP contribution is 2.33. The van der Waals surface area contributed by atoms with E-state index in [1.807, 2.05) is 49.4 Å². The Labute approximate surface area is 127 Å². The van der Waals surface area contributed by atoms with Gasteiger partial charge in [-0.05, 0) is 36.8 Å². The Kier molecular flexibility index (Phi) is 5.04. The number of benzene rings is 2. The summed E-state index contributed by atoms with van der Waals surface area (Å²) < 4.78 is 12.3. The van der Waals surface area contributed by atoms with Crippen molar-refractivity contribution >= 4 is 15.9 Å². The summed E-state index contributed by atoms with van der Waals surface area (Å²) in [5.41, 5.74) is 8.01. The molecule has 0 unspecified atom stereocenters. The van der Waals surface area contributed by atoms with Crippen LogP contribution in [0.2, 0.25) is 0 Å². The molecule has 0 saturated heterocycles. The third-order valence-electron chi connectivity index (χ3n) is 2.98. The van der Waals surface area contributed by atoms with E-state index >= 15 is 0 Å². The van der Waals surface area contributed by atoms with Crippen LogP contribution < -0.4 is 15.2 Å². The lowest BCUT2D eigenvalue weighted by Gasteiger charge is -2.17. The van der Waals surface area contributed by atoms with Crippen LogP contribution in [0.5, 0.6) is 11.5 Å². The minimum atomic E-state index is -0.149. The first-order valence-corrected chi connectivity index (χ1v) is 7.21. The number of hydrogen-bond acceptors (Lipinski definition) is 3. The largest absolute Gasteiger partial charge is 0.496 e. The van der Waals surface area contributed by atoms with Crippen LogP contribution in [0.3, 0.4) is 0 Å². The van der Waals surface area contributed by atoms with Crippen molar-refractivity contribution in [2.75, 3.05) is 7.11 Å². The van der Waals surface area contributed by atoms with Gasteiger partial charge in [0.1, 0.15) is 18.1 Å². The predicted octanol–water partition coefficient (Wildman–Crippen LogP) is 4.06. The zero-order chi connectivity index (χ0) is 14.5. The smallest absolute Gasteiger partial charge is 0.128 e. The van der Waals surface area contributed by atoms with E-state index in [1.165, 1.54) is 0 Å². The van der Waals surface area contributed by atoms with E-state index in [2.05, 4.69) is 15.9 Å². The molecule has 0 aromatic heterocycles. The van der Waals surface area contributed by atoms with Crippen LogP contribution in [0.1, 0.15) is 24.1 Å². The van der Waals surface area contributed by atoms with E-state index in [-0.39, 0.29) is 6.04 Å². The third kappa shape index (κ3) is 3.52. The van der Waals surface area contributed by atoms with Gasteiger partial charge in [0.2, 0.25) is 0 Å². The maximum atomic E-state index is 6.02. The van der Waals surface area contributed by atoms with Crippen molar-refractivity contribution in [3.8, 4) is 11.5 Å². The fourth-order valence-electron chi connectivity index (χ4n) is 2.06. The lowest BCUT2D eigenvalue weighted by Crippen LogP contribution is -2.10. The second kappa shape index (κ2) is 6.77. The summed E-state index contributed by atoms with van der Waals surface area (Å²) in [5, 5.41) is 0. The number of hydrogen-bond donors (Lipinski definition) is 1. The summed E-state index contributed by atoms with van der Waals surface area (Å²) >= 11 is 3.45. The summed E-state index contributed by atoms with van der Waals surface area (Å²) in [6.07, 6.45) is 0. The molecule has 0 spiro atoms. The fraction of sp³-hybridized carbons (Fsp3) is 0.250. The van der Waals surface area contributed by atoms with E-state index in [1.54, 1.807) is 7.11 Å². The molecule has 2 aromatic carbocycles. The molecule has 0 amide bonds. The van der Waals surface area contributed by atoms with E-state index in [0.717, 1.165) is 27.1 Å². The molecular formula is C16H18BrNO2. The van der Waals surface area contributed by atoms with Gasteiger partial charge in [0.25, 0.3) is 0 Å². The lowest BCUT2D eigenvalue weighted by atomic mass is 10.1. The van der Waals surface area contributed by atoms with Gasteiger partial charge in [0, 0.05) is 10.5 Å². The Morgan fingerprint density at radius 3 is 2.50 bits per heavy atom. The van der Waals surface area contributed by atoms with Gasteiger partial charge in [0.05, 0.1) is 12.7 Å². The van der Waals surface area contributed by atoms with Crippen LogP contribution in [0.15, 0.2) is 46.9 Å². The Hall–Kier alpha value is -1.52. The first kappa shape index (κ1) is 14.9. The molecule has 3 nitrogen and oxygen atoms in total. The normalized spacial score (nSPS) is 12.0. The van der Waals surface area contributed by atoms with Crippen LogP contribution in [0.25, 0.3) is 0 Å². The van der Waals surface area contributed by atoms with E-state index in [4.69, 9.17) is 15.2 Å². The highest BCUT2D eigenvalue weighted by atomic mass is 79.9. The highest BCUT2D eigenvalue weighted by molar-refractivity contribution is 9.10. The van der Waals surface area contributed by atoms with Gasteiger partial charge in [-0.25, -0.2) is 0 Å². The molecule has 0 fully saturated rings. The van der Waals surface area contributed by atoms with Gasteiger partial charge >= 0.3 is 0 Å². The molecule has 2 rings (SSSR count). The highest BCUT2D eigenvalue weighted by Gasteiger charge is 2.14. The molecule has 2 aromatic rings. The summed E-state index contributed by atoms with van der Waals surface area (Å²) in [7, 11) is 1.64. The molecule has 20 heavy (non-hydrogen) atoms. The molecule has 0 aliphatic heterocycles. The lowest BCUT2D eigenvalue weighted by molar-refractivity contribution is 0.297. The van der Waals surface area contributed by atoms with Gasteiger partial charge < -0.3 is 15.2 Å². The van der Waals surface area contributed by atoms with Crippen LogP contribution in [-0.2, 0) is 6.61 Å². The molecule has 0 aliphatic rings.